The quantitative estimate of drug-likeness (QED) is 0.745. The van der Waals surface area contributed by atoms with E-state index in [1.54, 1.807) is 4.90 Å². The number of nitrogens with zero attached hydrogens (tertiary/aromatic N) is 2. The van der Waals surface area contributed by atoms with Gasteiger partial charge in [-0.1, -0.05) is 50.1 Å². The van der Waals surface area contributed by atoms with Crippen molar-refractivity contribution in [2.75, 3.05) is 26.2 Å². The molecule has 0 radical (unpaired) electrons. The Labute approximate surface area is 169 Å². The van der Waals surface area contributed by atoms with E-state index in [1.807, 2.05) is 30.3 Å². The lowest BCUT2D eigenvalue weighted by Gasteiger charge is -2.37. The van der Waals surface area contributed by atoms with Crippen molar-refractivity contribution in [3.63, 3.8) is 0 Å². The minimum Gasteiger partial charge on any atom is -0.352 e. The summed E-state index contributed by atoms with van der Waals surface area (Å²) in [4.78, 5) is 30.1. The van der Waals surface area contributed by atoms with Crippen molar-refractivity contribution in [3.8, 4) is 0 Å². The first kappa shape index (κ1) is 20.8. The van der Waals surface area contributed by atoms with Crippen LogP contribution in [-0.4, -0.2) is 53.8 Å². The maximum Gasteiger partial charge on any atom is 0.247 e. The second-order valence-electron chi connectivity index (χ2n) is 8.14. The summed E-state index contributed by atoms with van der Waals surface area (Å²) in [6.45, 7) is 5.81. The second kappa shape index (κ2) is 10.6. The van der Waals surface area contributed by atoms with Crippen LogP contribution in [0.3, 0.4) is 0 Å². The van der Waals surface area contributed by atoms with E-state index in [2.05, 4.69) is 17.1 Å². The molecule has 0 bridgehead atoms. The van der Waals surface area contributed by atoms with Crippen molar-refractivity contribution in [2.45, 2.75) is 70.4 Å². The fourth-order valence-corrected chi connectivity index (χ4v) is 4.47. The Kier molecular flexibility index (Phi) is 7.90. The molecule has 28 heavy (non-hydrogen) atoms. The van der Waals surface area contributed by atoms with Crippen molar-refractivity contribution >= 4 is 11.8 Å². The van der Waals surface area contributed by atoms with E-state index in [-0.39, 0.29) is 11.8 Å². The fraction of sp³-hybridized carbons (Fsp3) is 0.652. The molecule has 2 unspecified atom stereocenters. The van der Waals surface area contributed by atoms with Gasteiger partial charge < -0.3 is 10.2 Å². The number of nitrogens with one attached hydrogen (secondary N) is 1. The van der Waals surface area contributed by atoms with Crippen molar-refractivity contribution in [2.24, 2.45) is 0 Å². The summed E-state index contributed by atoms with van der Waals surface area (Å²) >= 11 is 0. The van der Waals surface area contributed by atoms with Crippen LogP contribution in [0.25, 0.3) is 0 Å². The highest BCUT2D eigenvalue weighted by Crippen LogP contribution is 2.26. The zero-order valence-corrected chi connectivity index (χ0v) is 17.2. The van der Waals surface area contributed by atoms with Crippen LogP contribution in [0.2, 0.25) is 0 Å². The number of hydrogen-bond acceptors (Lipinski definition) is 3. The number of hydrogen-bond donors (Lipinski definition) is 1. The zero-order chi connectivity index (χ0) is 19.8. The topological polar surface area (TPSA) is 52.7 Å². The normalized spacial score (nSPS) is 22.1. The highest BCUT2D eigenvalue weighted by atomic mass is 16.2. The third-order valence-corrected chi connectivity index (χ3v) is 6.10. The molecule has 3 rings (SSSR count). The molecule has 0 saturated carbocycles. The predicted molar refractivity (Wildman–Crippen MR) is 112 cm³/mol. The van der Waals surface area contributed by atoms with Gasteiger partial charge in [0, 0.05) is 25.6 Å². The third kappa shape index (κ3) is 5.34. The molecule has 2 fully saturated rings. The van der Waals surface area contributed by atoms with Gasteiger partial charge in [-0.05, 0) is 50.8 Å². The summed E-state index contributed by atoms with van der Waals surface area (Å²) in [6, 6.07) is 9.65. The Morgan fingerprint density at radius 1 is 1.14 bits per heavy atom. The maximum absolute atomic E-state index is 13.2. The van der Waals surface area contributed by atoms with Gasteiger partial charge in [0.25, 0.3) is 0 Å². The van der Waals surface area contributed by atoms with Crippen LogP contribution in [0.5, 0.6) is 0 Å². The molecule has 0 spiro atoms. The minimum atomic E-state index is -0.512. The molecule has 2 atom stereocenters. The molecule has 5 heteroatoms. The Hall–Kier alpha value is -1.88. The molecule has 0 aliphatic carbocycles. The van der Waals surface area contributed by atoms with Crippen LogP contribution in [0.15, 0.2) is 30.3 Å². The number of benzene rings is 1. The molecular weight excluding hydrogens is 350 g/mol. The number of amides is 2. The summed E-state index contributed by atoms with van der Waals surface area (Å²) in [5, 5.41) is 3.20. The highest BCUT2D eigenvalue weighted by molar-refractivity contribution is 5.89. The van der Waals surface area contributed by atoms with Gasteiger partial charge in [0.05, 0.1) is 0 Å². The van der Waals surface area contributed by atoms with Crippen LogP contribution in [0, 0.1) is 0 Å². The lowest BCUT2D eigenvalue weighted by Crippen LogP contribution is -2.50. The zero-order valence-electron chi connectivity index (χ0n) is 17.2. The van der Waals surface area contributed by atoms with E-state index in [4.69, 9.17) is 0 Å². The maximum atomic E-state index is 13.2. The SMILES string of the molecule is CCCCN1CCCCC1CNC(=O)C(c1ccccc1)N1CCCCC1=O. The summed E-state index contributed by atoms with van der Waals surface area (Å²) in [6.07, 6.45) is 8.47. The largest absolute Gasteiger partial charge is 0.352 e. The first-order chi connectivity index (χ1) is 13.7. The number of carbonyl (C=O) groups is 2. The molecule has 1 aromatic rings. The van der Waals surface area contributed by atoms with Gasteiger partial charge in [0.2, 0.25) is 11.8 Å². The van der Waals surface area contributed by atoms with Gasteiger partial charge in [-0.3, -0.25) is 14.5 Å². The monoisotopic (exact) mass is 385 g/mol. The number of carbonyl (C=O) groups excluding carboxylic acids is 2. The molecule has 0 aromatic heterocycles. The number of likely N-dealkylation sites (tertiary alicyclic amines) is 2. The van der Waals surface area contributed by atoms with Gasteiger partial charge >= 0.3 is 0 Å². The van der Waals surface area contributed by atoms with E-state index >= 15 is 0 Å². The van der Waals surface area contributed by atoms with Crippen LogP contribution in [0.1, 0.15) is 69.9 Å². The van der Waals surface area contributed by atoms with Gasteiger partial charge in [0.1, 0.15) is 6.04 Å². The molecule has 154 valence electrons. The van der Waals surface area contributed by atoms with Gasteiger partial charge in [-0.25, -0.2) is 0 Å². The van der Waals surface area contributed by atoms with Crippen molar-refractivity contribution in [3.05, 3.63) is 35.9 Å². The lowest BCUT2D eigenvalue weighted by molar-refractivity contribution is -0.142. The molecule has 2 aliphatic heterocycles. The van der Waals surface area contributed by atoms with Crippen LogP contribution in [-0.2, 0) is 9.59 Å². The summed E-state index contributed by atoms with van der Waals surface area (Å²) in [5.74, 6) is 0.0555. The first-order valence-electron chi connectivity index (χ1n) is 11.1. The average Bonchev–Trinajstić information content (AvgIpc) is 2.73. The van der Waals surface area contributed by atoms with Gasteiger partial charge in [0.15, 0.2) is 0 Å². The Morgan fingerprint density at radius 2 is 1.93 bits per heavy atom. The fourth-order valence-electron chi connectivity index (χ4n) is 4.47. The van der Waals surface area contributed by atoms with E-state index in [0.29, 0.717) is 25.6 Å². The highest BCUT2D eigenvalue weighted by Gasteiger charge is 2.33. The lowest BCUT2D eigenvalue weighted by atomic mass is 9.99. The Bertz CT molecular complexity index is 634. The minimum absolute atomic E-state index is 0.0394. The summed E-state index contributed by atoms with van der Waals surface area (Å²) in [7, 11) is 0. The molecule has 2 saturated heterocycles. The van der Waals surface area contributed by atoms with Crippen molar-refractivity contribution < 1.29 is 9.59 Å². The standard InChI is InChI=1S/C23H35N3O2/c1-2-3-15-25-16-9-7-13-20(25)18-24-23(28)22(19-11-5-4-6-12-19)26-17-10-8-14-21(26)27/h4-6,11-12,20,22H,2-3,7-10,13-18H2,1H3,(H,24,28). The van der Waals surface area contributed by atoms with Crippen LogP contribution >= 0.6 is 0 Å². The van der Waals surface area contributed by atoms with E-state index in [1.165, 1.54) is 25.7 Å². The van der Waals surface area contributed by atoms with E-state index in [0.717, 1.165) is 37.9 Å². The Morgan fingerprint density at radius 3 is 2.68 bits per heavy atom. The third-order valence-electron chi connectivity index (χ3n) is 6.10. The summed E-state index contributed by atoms with van der Waals surface area (Å²) in [5.41, 5.74) is 0.904. The molecule has 2 aliphatic rings. The van der Waals surface area contributed by atoms with Crippen LogP contribution < -0.4 is 5.32 Å². The van der Waals surface area contributed by atoms with Crippen molar-refractivity contribution in [1.82, 2.24) is 15.1 Å². The van der Waals surface area contributed by atoms with Gasteiger partial charge in [-0.2, -0.15) is 0 Å². The predicted octanol–water partition coefficient (Wildman–Crippen LogP) is 3.51. The second-order valence-corrected chi connectivity index (χ2v) is 8.14. The number of rotatable bonds is 8. The molecule has 2 heterocycles. The molecule has 2 amide bonds. The van der Waals surface area contributed by atoms with Gasteiger partial charge in [-0.15, -0.1) is 0 Å². The van der Waals surface area contributed by atoms with E-state index < -0.39 is 6.04 Å². The van der Waals surface area contributed by atoms with E-state index in [9.17, 15) is 9.59 Å². The van der Waals surface area contributed by atoms with Crippen LogP contribution in [0.4, 0.5) is 0 Å². The average molecular weight is 386 g/mol. The summed E-state index contributed by atoms with van der Waals surface area (Å²) < 4.78 is 0. The number of piperidine rings is 2. The molecule has 5 nitrogen and oxygen atoms in total. The molecular formula is C23H35N3O2. The molecule has 1 N–H and O–H groups in total. The first-order valence-corrected chi connectivity index (χ1v) is 11.1. The smallest absolute Gasteiger partial charge is 0.247 e. The molecule has 1 aromatic carbocycles. The van der Waals surface area contributed by atoms with Crippen molar-refractivity contribution in [1.29, 1.82) is 0 Å². The number of unbranched alkanes of at least 4 members (excludes halogenated alkanes) is 1. The Balaban J connectivity index is 1.68.